The Hall–Kier alpha value is -3.36. The average Bonchev–Trinajstić information content (AvgIpc) is 3.16. The van der Waals surface area contributed by atoms with Crippen molar-refractivity contribution in [2.24, 2.45) is 0 Å². The Morgan fingerprint density at radius 1 is 1.15 bits per heavy atom. The molecule has 8 heteroatoms. The lowest BCUT2D eigenvalue weighted by atomic mass is 9.80. The van der Waals surface area contributed by atoms with E-state index in [1.807, 2.05) is 17.0 Å². The number of carbonyl (C=O) groups excluding carboxylic acids is 1. The number of carbonyl (C=O) groups is 1. The Labute approximate surface area is 190 Å². The van der Waals surface area contributed by atoms with Crippen molar-refractivity contribution in [1.82, 2.24) is 20.2 Å². The molecule has 3 fully saturated rings. The number of nitrogens with zero attached hydrogens (tertiary/aromatic N) is 4. The van der Waals surface area contributed by atoms with Gasteiger partial charge in [0.15, 0.2) is 0 Å². The first-order valence-corrected chi connectivity index (χ1v) is 11.2. The topological polar surface area (TPSA) is 70.6 Å². The van der Waals surface area contributed by atoms with Gasteiger partial charge in [-0.05, 0) is 23.8 Å². The lowest BCUT2D eigenvalue weighted by Crippen LogP contribution is -2.78. The number of nitrogens with one attached hydrogen (secondary N) is 1. The fourth-order valence-electron chi connectivity index (χ4n) is 5.39. The van der Waals surface area contributed by atoms with E-state index in [1.165, 1.54) is 11.6 Å². The summed E-state index contributed by atoms with van der Waals surface area (Å²) >= 11 is 0. The van der Waals surface area contributed by atoms with Gasteiger partial charge in [-0.3, -0.25) is 4.79 Å². The molecule has 0 aliphatic carbocycles. The first-order chi connectivity index (χ1) is 16.1. The minimum atomic E-state index is -0.302. The van der Waals surface area contributed by atoms with Crippen LogP contribution in [0.1, 0.15) is 15.9 Å². The van der Waals surface area contributed by atoms with Crippen molar-refractivity contribution in [1.29, 1.82) is 0 Å². The Bertz CT molecular complexity index is 1280. The summed E-state index contributed by atoms with van der Waals surface area (Å²) in [4.78, 5) is 26.3. The zero-order chi connectivity index (χ0) is 22.2. The zero-order valence-electron chi connectivity index (χ0n) is 17.9. The van der Waals surface area contributed by atoms with Gasteiger partial charge >= 0.3 is 0 Å². The molecular weight excluding hydrogens is 421 g/mol. The van der Waals surface area contributed by atoms with Crippen molar-refractivity contribution in [3.63, 3.8) is 0 Å². The van der Waals surface area contributed by atoms with E-state index in [-0.39, 0.29) is 17.1 Å². The fraction of sp³-hybridized carbons (Fsp3) is 0.320. The van der Waals surface area contributed by atoms with Crippen LogP contribution in [0.5, 0.6) is 0 Å². The maximum atomic E-state index is 14.2. The molecule has 1 amide bonds. The standard InChI is InChI=1S/C25H22FN5O2/c26-19-4-2-1-3-17(19)16-8-28-24(29-9-16)31-12-25(13-33-14-25)18-6-5-15(7-21(18)31)23(32)30-11-20-22(30)10-27-20/h1-9,20,22,27H,10-14H2/t20?,22-/m1/s1. The summed E-state index contributed by atoms with van der Waals surface area (Å²) in [7, 11) is 0. The predicted octanol–water partition coefficient (Wildman–Crippen LogP) is 2.50. The lowest BCUT2D eigenvalue weighted by molar-refractivity contribution is -0.0507. The molecule has 0 saturated carbocycles. The third-order valence-electron chi connectivity index (χ3n) is 7.50. The molecule has 0 bridgehead atoms. The molecule has 5 heterocycles. The molecular formula is C25H22FN5O2. The third-order valence-corrected chi connectivity index (χ3v) is 7.50. The van der Waals surface area contributed by atoms with Gasteiger partial charge in [0.1, 0.15) is 5.82 Å². The van der Waals surface area contributed by atoms with Crippen LogP contribution in [-0.4, -0.2) is 65.7 Å². The van der Waals surface area contributed by atoms with Gasteiger partial charge < -0.3 is 19.9 Å². The third kappa shape index (κ3) is 2.71. The van der Waals surface area contributed by atoms with Gasteiger partial charge in [-0.2, -0.15) is 0 Å². The van der Waals surface area contributed by atoms with E-state index in [1.54, 1.807) is 30.6 Å². The smallest absolute Gasteiger partial charge is 0.254 e. The van der Waals surface area contributed by atoms with E-state index in [2.05, 4.69) is 26.3 Å². The number of piperazine rings is 1. The largest absolute Gasteiger partial charge is 0.379 e. The van der Waals surface area contributed by atoms with E-state index >= 15 is 0 Å². The maximum absolute atomic E-state index is 14.2. The van der Waals surface area contributed by atoms with Crippen LogP contribution in [0.3, 0.4) is 0 Å². The Kier molecular flexibility index (Phi) is 3.96. The number of fused-ring (bicyclic) bond motifs is 3. The van der Waals surface area contributed by atoms with Gasteiger partial charge in [-0.15, -0.1) is 0 Å². The van der Waals surface area contributed by atoms with Crippen LogP contribution in [0.4, 0.5) is 16.0 Å². The quantitative estimate of drug-likeness (QED) is 0.671. The first kappa shape index (κ1) is 19.1. The van der Waals surface area contributed by atoms with E-state index in [0.717, 1.165) is 18.8 Å². The minimum absolute atomic E-state index is 0.0714. The van der Waals surface area contributed by atoms with Crippen LogP contribution in [-0.2, 0) is 10.2 Å². The van der Waals surface area contributed by atoms with Crippen LogP contribution >= 0.6 is 0 Å². The monoisotopic (exact) mass is 443 g/mol. The molecule has 7 nitrogen and oxygen atoms in total. The molecule has 1 spiro atoms. The molecule has 33 heavy (non-hydrogen) atoms. The number of hydrogen-bond donors (Lipinski definition) is 1. The van der Waals surface area contributed by atoms with Crippen LogP contribution in [0.25, 0.3) is 11.1 Å². The molecule has 1 aromatic heterocycles. The van der Waals surface area contributed by atoms with Crippen molar-refractivity contribution in [3.05, 3.63) is 71.8 Å². The second-order valence-electron chi connectivity index (χ2n) is 9.38. The van der Waals surface area contributed by atoms with E-state index in [4.69, 9.17) is 4.74 Å². The van der Waals surface area contributed by atoms with Crippen LogP contribution < -0.4 is 10.2 Å². The summed E-state index contributed by atoms with van der Waals surface area (Å²) in [5.41, 5.74) is 3.80. The summed E-state index contributed by atoms with van der Waals surface area (Å²) in [5, 5.41) is 3.34. The highest BCUT2D eigenvalue weighted by Crippen LogP contribution is 2.48. The van der Waals surface area contributed by atoms with Crippen molar-refractivity contribution >= 4 is 17.5 Å². The molecule has 4 aliphatic rings. The minimum Gasteiger partial charge on any atom is -0.379 e. The van der Waals surface area contributed by atoms with Gasteiger partial charge in [0.25, 0.3) is 5.91 Å². The number of benzene rings is 2. The van der Waals surface area contributed by atoms with Crippen LogP contribution in [0.15, 0.2) is 54.9 Å². The first-order valence-electron chi connectivity index (χ1n) is 11.2. The second-order valence-corrected chi connectivity index (χ2v) is 9.38. The Balaban J connectivity index is 1.23. The number of anilines is 2. The lowest BCUT2D eigenvalue weighted by Gasteiger charge is -2.56. The Morgan fingerprint density at radius 2 is 1.97 bits per heavy atom. The zero-order valence-corrected chi connectivity index (χ0v) is 17.9. The summed E-state index contributed by atoms with van der Waals surface area (Å²) < 4.78 is 19.8. The van der Waals surface area contributed by atoms with Gasteiger partial charge in [-0.1, -0.05) is 24.3 Å². The van der Waals surface area contributed by atoms with Crippen LogP contribution in [0, 0.1) is 5.82 Å². The maximum Gasteiger partial charge on any atom is 0.254 e. The highest BCUT2D eigenvalue weighted by atomic mass is 19.1. The number of halogens is 1. The van der Waals surface area contributed by atoms with E-state index in [0.29, 0.717) is 54.5 Å². The molecule has 2 atom stereocenters. The van der Waals surface area contributed by atoms with Crippen molar-refractivity contribution in [2.75, 3.05) is 37.7 Å². The average molecular weight is 443 g/mol. The van der Waals surface area contributed by atoms with Gasteiger partial charge in [0.2, 0.25) is 5.95 Å². The summed E-state index contributed by atoms with van der Waals surface area (Å²) in [6, 6.07) is 13.4. The number of ether oxygens (including phenoxy) is 1. The van der Waals surface area contributed by atoms with Crippen molar-refractivity contribution in [3.8, 4) is 11.1 Å². The van der Waals surface area contributed by atoms with Crippen molar-refractivity contribution in [2.45, 2.75) is 17.5 Å². The number of rotatable bonds is 3. The molecule has 0 radical (unpaired) electrons. The number of hydrogen-bond acceptors (Lipinski definition) is 6. The number of amides is 1. The predicted molar refractivity (Wildman–Crippen MR) is 120 cm³/mol. The van der Waals surface area contributed by atoms with E-state index < -0.39 is 0 Å². The SMILES string of the molecule is O=C(c1ccc2c(c1)N(c1ncc(-c3ccccc3F)cn1)CC21COC1)N1CC2NC[C@H]21. The molecule has 4 aliphatic heterocycles. The van der Waals surface area contributed by atoms with Crippen molar-refractivity contribution < 1.29 is 13.9 Å². The molecule has 166 valence electrons. The van der Waals surface area contributed by atoms with Crippen LogP contribution in [0.2, 0.25) is 0 Å². The molecule has 2 aromatic carbocycles. The van der Waals surface area contributed by atoms with Gasteiger partial charge in [0, 0.05) is 60.4 Å². The Morgan fingerprint density at radius 3 is 2.61 bits per heavy atom. The van der Waals surface area contributed by atoms with Gasteiger partial charge in [-0.25, -0.2) is 14.4 Å². The number of aromatic nitrogens is 2. The normalized spacial score (nSPS) is 23.9. The highest BCUT2D eigenvalue weighted by Gasteiger charge is 2.51. The summed E-state index contributed by atoms with van der Waals surface area (Å²) in [6.45, 7) is 3.60. The molecule has 1 unspecified atom stereocenters. The molecule has 1 N–H and O–H groups in total. The fourth-order valence-corrected chi connectivity index (χ4v) is 5.39. The molecule has 3 saturated heterocycles. The summed E-state index contributed by atoms with van der Waals surface area (Å²) in [5.74, 6) is 0.308. The highest BCUT2D eigenvalue weighted by molar-refractivity contribution is 5.97. The molecule has 7 rings (SSSR count). The summed E-state index contributed by atoms with van der Waals surface area (Å²) in [6.07, 6.45) is 3.31. The number of likely N-dealkylation sites (tertiary alicyclic amines) is 1. The molecule has 3 aromatic rings. The van der Waals surface area contributed by atoms with E-state index in [9.17, 15) is 9.18 Å². The second kappa shape index (κ2) is 6.82. The van der Waals surface area contributed by atoms with Gasteiger partial charge in [0.05, 0.1) is 24.7 Å².